The summed E-state index contributed by atoms with van der Waals surface area (Å²) < 4.78 is 0. The van der Waals surface area contributed by atoms with Crippen molar-refractivity contribution >= 4 is 16.9 Å². The number of pyridine rings is 1. The van der Waals surface area contributed by atoms with E-state index >= 15 is 0 Å². The van der Waals surface area contributed by atoms with Crippen LogP contribution in [0, 0.1) is 5.41 Å². The lowest BCUT2D eigenvalue weighted by Gasteiger charge is -2.18. The van der Waals surface area contributed by atoms with Gasteiger partial charge in [-0.25, -0.2) is 4.79 Å². The van der Waals surface area contributed by atoms with Crippen LogP contribution in [0.15, 0.2) is 29.1 Å². The summed E-state index contributed by atoms with van der Waals surface area (Å²) in [5.41, 5.74) is 2.43. The summed E-state index contributed by atoms with van der Waals surface area (Å²) in [6.45, 7) is 11.2. The number of benzene rings is 1. The minimum atomic E-state index is -0.264. The van der Waals surface area contributed by atoms with E-state index in [2.05, 4.69) is 35.5 Å². The van der Waals surface area contributed by atoms with E-state index in [9.17, 15) is 9.59 Å². The number of carbonyl (C=O) groups is 1. The number of nitrogens with one attached hydrogen (secondary N) is 3. The number of rotatable bonds is 4. The van der Waals surface area contributed by atoms with Gasteiger partial charge in [0.05, 0.1) is 0 Å². The standard InChI is InChI=1S/C19H27N3O2/c1-12(2)13-6-7-16-14(8-13)9-15(17(23)22-16)10-20-18(24)21-11-19(3,4)5/h6-9,12H,10-11H2,1-5H3,(H,22,23)(H2,20,21,24). The maximum atomic E-state index is 12.2. The molecule has 0 radical (unpaired) electrons. The van der Waals surface area contributed by atoms with Crippen molar-refractivity contribution < 1.29 is 4.79 Å². The van der Waals surface area contributed by atoms with Crippen molar-refractivity contribution in [2.45, 2.75) is 47.1 Å². The Morgan fingerprint density at radius 1 is 1.17 bits per heavy atom. The lowest BCUT2D eigenvalue weighted by Crippen LogP contribution is -2.40. The van der Waals surface area contributed by atoms with E-state index in [-0.39, 0.29) is 23.6 Å². The van der Waals surface area contributed by atoms with Crippen molar-refractivity contribution in [2.24, 2.45) is 5.41 Å². The zero-order valence-corrected chi connectivity index (χ0v) is 15.1. The Kier molecular flexibility index (Phi) is 5.32. The summed E-state index contributed by atoms with van der Waals surface area (Å²) >= 11 is 0. The third kappa shape index (κ3) is 4.85. The lowest BCUT2D eigenvalue weighted by atomic mass is 9.97. The van der Waals surface area contributed by atoms with Crippen LogP contribution >= 0.6 is 0 Å². The van der Waals surface area contributed by atoms with Gasteiger partial charge in [-0.15, -0.1) is 0 Å². The third-order valence-electron chi connectivity index (χ3n) is 3.83. The first-order valence-electron chi connectivity index (χ1n) is 8.33. The van der Waals surface area contributed by atoms with Crippen LogP contribution in [0.3, 0.4) is 0 Å². The molecule has 0 saturated carbocycles. The molecule has 0 aliphatic rings. The molecular formula is C19H27N3O2. The van der Waals surface area contributed by atoms with Crippen LogP contribution in [0.4, 0.5) is 4.79 Å². The number of H-pyrrole nitrogens is 1. The van der Waals surface area contributed by atoms with E-state index in [0.29, 0.717) is 18.0 Å². The first-order chi connectivity index (χ1) is 11.2. The van der Waals surface area contributed by atoms with Crippen LogP contribution < -0.4 is 16.2 Å². The number of hydrogen-bond donors (Lipinski definition) is 3. The number of carbonyl (C=O) groups excluding carboxylic acids is 1. The minimum absolute atomic E-state index is 0.0189. The highest BCUT2D eigenvalue weighted by atomic mass is 16.2. The minimum Gasteiger partial charge on any atom is -0.338 e. The molecule has 0 unspecified atom stereocenters. The summed E-state index contributed by atoms with van der Waals surface area (Å²) in [5, 5.41) is 6.53. The maximum absolute atomic E-state index is 12.2. The van der Waals surface area contributed by atoms with Crippen molar-refractivity contribution in [2.75, 3.05) is 6.54 Å². The highest BCUT2D eigenvalue weighted by Crippen LogP contribution is 2.20. The van der Waals surface area contributed by atoms with Crippen LogP contribution in [0.5, 0.6) is 0 Å². The molecule has 1 heterocycles. The second-order valence-electron chi connectivity index (χ2n) is 7.72. The first-order valence-corrected chi connectivity index (χ1v) is 8.33. The molecule has 24 heavy (non-hydrogen) atoms. The second kappa shape index (κ2) is 7.07. The lowest BCUT2D eigenvalue weighted by molar-refractivity contribution is 0.235. The van der Waals surface area contributed by atoms with E-state index in [1.54, 1.807) is 0 Å². The molecule has 2 amide bonds. The molecule has 2 aromatic rings. The second-order valence-corrected chi connectivity index (χ2v) is 7.72. The summed E-state index contributed by atoms with van der Waals surface area (Å²) in [4.78, 5) is 26.9. The zero-order valence-electron chi connectivity index (χ0n) is 15.1. The summed E-state index contributed by atoms with van der Waals surface area (Å²) in [5.74, 6) is 0.422. The average molecular weight is 329 g/mol. The van der Waals surface area contributed by atoms with Crippen molar-refractivity contribution in [3.05, 3.63) is 45.7 Å². The van der Waals surface area contributed by atoms with Gasteiger partial charge in [-0.1, -0.05) is 40.7 Å². The Morgan fingerprint density at radius 2 is 1.88 bits per heavy atom. The van der Waals surface area contributed by atoms with Gasteiger partial charge in [0.1, 0.15) is 0 Å². The Bertz CT molecular complexity index is 785. The molecule has 0 atom stereocenters. The first kappa shape index (κ1) is 18.0. The predicted molar refractivity (Wildman–Crippen MR) is 98.4 cm³/mol. The molecule has 0 spiro atoms. The highest BCUT2D eigenvalue weighted by Gasteiger charge is 2.12. The number of urea groups is 1. The van der Waals surface area contributed by atoms with Gasteiger partial charge in [-0.2, -0.15) is 0 Å². The predicted octanol–water partition coefficient (Wildman–Crippen LogP) is 3.50. The number of aromatic amines is 1. The molecule has 0 fully saturated rings. The van der Waals surface area contributed by atoms with Gasteiger partial charge < -0.3 is 15.6 Å². The molecule has 0 aliphatic carbocycles. The zero-order chi connectivity index (χ0) is 17.9. The van der Waals surface area contributed by atoms with Crippen LogP contribution in [0.25, 0.3) is 10.9 Å². The third-order valence-corrected chi connectivity index (χ3v) is 3.83. The molecule has 5 nitrogen and oxygen atoms in total. The van der Waals surface area contributed by atoms with E-state index < -0.39 is 0 Å². The Balaban J connectivity index is 2.12. The molecule has 2 rings (SSSR count). The molecule has 1 aromatic carbocycles. The van der Waals surface area contributed by atoms with Crippen molar-refractivity contribution in [3.8, 4) is 0 Å². The number of amides is 2. The van der Waals surface area contributed by atoms with Crippen LogP contribution in [0.2, 0.25) is 0 Å². The molecule has 0 aliphatic heterocycles. The molecular weight excluding hydrogens is 302 g/mol. The van der Waals surface area contributed by atoms with Gasteiger partial charge in [0.15, 0.2) is 0 Å². The number of hydrogen-bond acceptors (Lipinski definition) is 2. The smallest absolute Gasteiger partial charge is 0.315 e. The van der Waals surface area contributed by atoms with Crippen molar-refractivity contribution in [3.63, 3.8) is 0 Å². The highest BCUT2D eigenvalue weighted by molar-refractivity contribution is 5.80. The van der Waals surface area contributed by atoms with Gasteiger partial charge in [0.25, 0.3) is 5.56 Å². The van der Waals surface area contributed by atoms with Gasteiger partial charge >= 0.3 is 6.03 Å². The quantitative estimate of drug-likeness (QED) is 0.803. The number of fused-ring (bicyclic) bond motifs is 1. The molecule has 0 saturated heterocycles. The van der Waals surface area contributed by atoms with Crippen molar-refractivity contribution in [1.29, 1.82) is 0 Å². The fourth-order valence-corrected chi connectivity index (χ4v) is 2.34. The Hall–Kier alpha value is -2.30. The molecule has 3 N–H and O–H groups in total. The summed E-state index contributed by atoms with van der Waals surface area (Å²) in [6, 6.07) is 7.63. The average Bonchev–Trinajstić information content (AvgIpc) is 2.49. The SMILES string of the molecule is CC(C)c1ccc2[nH]c(=O)c(CNC(=O)NCC(C)(C)C)cc2c1. The molecule has 130 valence electrons. The largest absolute Gasteiger partial charge is 0.338 e. The molecule has 0 bridgehead atoms. The van der Waals surface area contributed by atoms with Gasteiger partial charge in [0, 0.05) is 24.2 Å². The van der Waals surface area contributed by atoms with Crippen molar-refractivity contribution in [1.82, 2.24) is 15.6 Å². The Morgan fingerprint density at radius 3 is 2.50 bits per heavy atom. The Labute approximate surface area is 142 Å². The van der Waals surface area contributed by atoms with Gasteiger partial charge in [-0.3, -0.25) is 4.79 Å². The van der Waals surface area contributed by atoms with Crippen LogP contribution in [-0.4, -0.2) is 17.6 Å². The fourth-order valence-electron chi connectivity index (χ4n) is 2.34. The number of aromatic nitrogens is 1. The van der Waals surface area contributed by atoms with E-state index in [4.69, 9.17) is 0 Å². The van der Waals surface area contributed by atoms with Crippen LogP contribution in [0.1, 0.15) is 51.7 Å². The van der Waals surface area contributed by atoms with Gasteiger partial charge in [0.2, 0.25) is 0 Å². The monoisotopic (exact) mass is 329 g/mol. The van der Waals surface area contributed by atoms with Gasteiger partial charge in [-0.05, 0) is 40.5 Å². The normalized spacial score (nSPS) is 11.8. The maximum Gasteiger partial charge on any atom is 0.315 e. The molecule has 5 heteroatoms. The van der Waals surface area contributed by atoms with Crippen LogP contribution in [-0.2, 0) is 6.54 Å². The topological polar surface area (TPSA) is 74.0 Å². The summed E-state index contributed by atoms with van der Waals surface area (Å²) in [6.07, 6.45) is 0. The summed E-state index contributed by atoms with van der Waals surface area (Å²) in [7, 11) is 0. The van der Waals surface area contributed by atoms with E-state index in [0.717, 1.165) is 10.9 Å². The fraction of sp³-hybridized carbons (Fsp3) is 0.474. The van der Waals surface area contributed by atoms with E-state index in [1.165, 1.54) is 5.56 Å². The molecule has 1 aromatic heterocycles. The van der Waals surface area contributed by atoms with E-state index in [1.807, 2.05) is 39.0 Å².